The lowest BCUT2D eigenvalue weighted by atomic mass is 10.1. The molecule has 1 saturated heterocycles. The van der Waals surface area contributed by atoms with Gasteiger partial charge in [0.15, 0.2) is 11.5 Å². The van der Waals surface area contributed by atoms with Gasteiger partial charge in [-0.15, -0.1) is 0 Å². The number of carbonyl (C=O) groups excluding carboxylic acids is 3. The van der Waals surface area contributed by atoms with E-state index in [4.69, 9.17) is 14.2 Å². The van der Waals surface area contributed by atoms with Gasteiger partial charge < -0.3 is 18.9 Å². The van der Waals surface area contributed by atoms with Crippen LogP contribution in [0, 0.1) is 0 Å². The molecule has 1 aromatic carbocycles. The van der Waals surface area contributed by atoms with Crippen LogP contribution in [0.3, 0.4) is 0 Å². The summed E-state index contributed by atoms with van der Waals surface area (Å²) < 4.78 is 20.5. The number of rotatable bonds is 6. The number of benzene rings is 1. The molecule has 1 atom stereocenters. The Morgan fingerprint density at radius 3 is 2.27 bits per heavy atom. The molecule has 0 radical (unpaired) electrons. The molecule has 1 heterocycles. The molecule has 0 aromatic heterocycles. The van der Waals surface area contributed by atoms with Crippen molar-refractivity contribution in [1.82, 2.24) is 4.90 Å². The first-order valence-corrected chi connectivity index (χ1v) is 8.35. The van der Waals surface area contributed by atoms with Crippen molar-refractivity contribution in [2.24, 2.45) is 0 Å². The number of hydrogen-bond acceptors (Lipinski definition) is 8. The van der Waals surface area contributed by atoms with Gasteiger partial charge in [-0.2, -0.15) is 0 Å². The fraction of sp³-hybridized carbons (Fsp3) is 0.353. The molecule has 2 amide bonds. The summed E-state index contributed by atoms with van der Waals surface area (Å²) in [7, 11) is 5.62. The average molecular weight is 381 g/mol. The van der Waals surface area contributed by atoms with Gasteiger partial charge in [0, 0.05) is 5.56 Å². The van der Waals surface area contributed by atoms with Crippen LogP contribution in [0.1, 0.15) is 12.5 Å². The van der Waals surface area contributed by atoms with E-state index in [-0.39, 0.29) is 4.91 Å². The van der Waals surface area contributed by atoms with E-state index in [0.29, 0.717) is 22.8 Å². The summed E-state index contributed by atoms with van der Waals surface area (Å²) in [6.07, 6.45) is 1.51. The highest BCUT2D eigenvalue weighted by Gasteiger charge is 2.41. The number of carbonyl (C=O) groups is 3. The second kappa shape index (κ2) is 8.13. The molecule has 26 heavy (non-hydrogen) atoms. The molecule has 8 nitrogen and oxygen atoms in total. The average Bonchev–Trinajstić information content (AvgIpc) is 2.92. The summed E-state index contributed by atoms with van der Waals surface area (Å²) >= 11 is 0.739. The van der Waals surface area contributed by atoms with Crippen molar-refractivity contribution in [3.63, 3.8) is 0 Å². The SMILES string of the molecule is COC(=O)[C@@H](C)N1C(=O)S/C(=C/c2ccc(OC)c(OC)c2OC)C1=O. The second-order valence-electron chi connectivity index (χ2n) is 5.17. The molecule has 0 N–H and O–H groups in total. The van der Waals surface area contributed by atoms with Gasteiger partial charge >= 0.3 is 5.97 Å². The minimum atomic E-state index is -1.01. The third-order valence-electron chi connectivity index (χ3n) is 3.77. The number of amides is 2. The molecule has 2 rings (SSSR count). The van der Waals surface area contributed by atoms with Gasteiger partial charge in [0.05, 0.1) is 33.3 Å². The van der Waals surface area contributed by atoms with Crippen molar-refractivity contribution in [3.8, 4) is 17.2 Å². The standard InChI is InChI=1S/C17H19NO7S/c1-9(16(20)25-5)18-15(19)12(26-17(18)21)8-10-6-7-11(22-2)14(24-4)13(10)23-3/h6-9H,1-5H3/b12-8+/t9-/m1/s1. The number of nitrogens with zero attached hydrogens (tertiary/aromatic N) is 1. The Morgan fingerprint density at radius 2 is 1.73 bits per heavy atom. The Labute approximate surface area is 155 Å². The summed E-state index contributed by atoms with van der Waals surface area (Å²) in [5, 5.41) is -0.543. The lowest BCUT2D eigenvalue weighted by Gasteiger charge is -2.18. The van der Waals surface area contributed by atoms with Gasteiger partial charge in [-0.25, -0.2) is 4.79 Å². The van der Waals surface area contributed by atoms with Crippen LogP contribution < -0.4 is 14.2 Å². The van der Waals surface area contributed by atoms with E-state index in [1.165, 1.54) is 41.4 Å². The van der Waals surface area contributed by atoms with Crippen LogP contribution in [-0.2, 0) is 14.3 Å². The number of ether oxygens (including phenoxy) is 4. The highest BCUT2D eigenvalue weighted by atomic mass is 32.2. The lowest BCUT2D eigenvalue weighted by Crippen LogP contribution is -2.42. The van der Waals surface area contributed by atoms with E-state index in [1.54, 1.807) is 12.1 Å². The molecule has 1 fully saturated rings. The van der Waals surface area contributed by atoms with Crippen LogP contribution in [-0.4, -0.2) is 56.5 Å². The van der Waals surface area contributed by atoms with Gasteiger partial charge in [0.25, 0.3) is 11.1 Å². The van der Waals surface area contributed by atoms with Crippen molar-refractivity contribution in [1.29, 1.82) is 0 Å². The summed E-state index contributed by atoms with van der Waals surface area (Å²) in [5.41, 5.74) is 0.529. The minimum absolute atomic E-state index is 0.163. The maximum atomic E-state index is 12.6. The largest absolute Gasteiger partial charge is 0.493 e. The highest BCUT2D eigenvalue weighted by molar-refractivity contribution is 8.18. The number of thioether (sulfide) groups is 1. The molecule has 0 bridgehead atoms. The van der Waals surface area contributed by atoms with Crippen molar-refractivity contribution in [2.75, 3.05) is 28.4 Å². The molecule has 140 valence electrons. The maximum absolute atomic E-state index is 12.6. The quantitative estimate of drug-likeness (QED) is 0.548. The van der Waals surface area contributed by atoms with Crippen LogP contribution in [0.25, 0.3) is 6.08 Å². The zero-order valence-corrected chi connectivity index (χ0v) is 15.8. The zero-order chi connectivity index (χ0) is 19.4. The van der Waals surface area contributed by atoms with Gasteiger partial charge in [-0.05, 0) is 36.9 Å². The monoisotopic (exact) mass is 381 g/mol. The van der Waals surface area contributed by atoms with Gasteiger partial charge in [-0.3, -0.25) is 14.5 Å². The Bertz CT molecular complexity index is 775. The minimum Gasteiger partial charge on any atom is -0.493 e. The van der Waals surface area contributed by atoms with Crippen molar-refractivity contribution in [2.45, 2.75) is 13.0 Å². The van der Waals surface area contributed by atoms with Crippen molar-refractivity contribution >= 4 is 35.0 Å². The summed E-state index contributed by atoms with van der Waals surface area (Å²) in [6, 6.07) is 2.33. The first kappa shape index (κ1) is 19.6. The third kappa shape index (κ3) is 3.48. The summed E-state index contributed by atoms with van der Waals surface area (Å²) in [6.45, 7) is 1.43. The van der Waals surface area contributed by atoms with Crippen molar-refractivity contribution in [3.05, 3.63) is 22.6 Å². The third-order valence-corrected chi connectivity index (χ3v) is 4.66. The molecular weight excluding hydrogens is 362 g/mol. The van der Waals surface area contributed by atoms with Gasteiger partial charge in [0.2, 0.25) is 5.75 Å². The Hall–Kier alpha value is -2.68. The van der Waals surface area contributed by atoms with Crippen molar-refractivity contribution < 1.29 is 33.3 Å². The zero-order valence-electron chi connectivity index (χ0n) is 15.0. The predicted molar refractivity (Wildman–Crippen MR) is 95.4 cm³/mol. The second-order valence-corrected chi connectivity index (χ2v) is 6.17. The lowest BCUT2D eigenvalue weighted by molar-refractivity contribution is -0.148. The van der Waals surface area contributed by atoms with Gasteiger partial charge in [-0.1, -0.05) is 0 Å². The first-order chi connectivity index (χ1) is 12.4. The summed E-state index contributed by atoms with van der Waals surface area (Å²) in [5.74, 6) is -0.0496. The van der Waals surface area contributed by atoms with Crippen LogP contribution >= 0.6 is 11.8 Å². The molecule has 0 aliphatic carbocycles. The molecular formula is C17H19NO7S. The molecule has 0 unspecified atom stereocenters. The van der Waals surface area contributed by atoms with Crippen LogP contribution in [0.4, 0.5) is 4.79 Å². The number of methoxy groups -OCH3 is 4. The Balaban J connectivity index is 2.44. The fourth-order valence-corrected chi connectivity index (χ4v) is 3.37. The number of imide groups is 1. The smallest absolute Gasteiger partial charge is 0.328 e. The predicted octanol–water partition coefficient (Wildman–Crippen LogP) is 2.31. The van der Waals surface area contributed by atoms with E-state index in [9.17, 15) is 14.4 Å². The van der Waals surface area contributed by atoms with E-state index < -0.39 is 23.2 Å². The van der Waals surface area contributed by atoms with Crippen LogP contribution in [0.15, 0.2) is 17.0 Å². The fourth-order valence-electron chi connectivity index (χ4n) is 2.47. The van der Waals surface area contributed by atoms with E-state index in [1.807, 2.05) is 0 Å². The topological polar surface area (TPSA) is 91.4 Å². The number of hydrogen-bond donors (Lipinski definition) is 0. The molecule has 1 aliphatic rings. The maximum Gasteiger partial charge on any atom is 0.328 e. The normalized spacial score (nSPS) is 16.7. The molecule has 9 heteroatoms. The van der Waals surface area contributed by atoms with E-state index in [0.717, 1.165) is 16.7 Å². The molecule has 1 aromatic rings. The van der Waals surface area contributed by atoms with Gasteiger partial charge in [0.1, 0.15) is 6.04 Å². The summed E-state index contributed by atoms with van der Waals surface area (Å²) in [4.78, 5) is 37.4. The van der Waals surface area contributed by atoms with E-state index in [2.05, 4.69) is 4.74 Å². The van der Waals surface area contributed by atoms with E-state index >= 15 is 0 Å². The Morgan fingerprint density at radius 1 is 1.08 bits per heavy atom. The first-order valence-electron chi connectivity index (χ1n) is 7.53. The van der Waals surface area contributed by atoms with Crippen LogP contribution in [0.2, 0.25) is 0 Å². The number of esters is 1. The Kier molecular flexibility index (Phi) is 6.14. The molecule has 0 saturated carbocycles. The highest BCUT2D eigenvalue weighted by Crippen LogP contribution is 2.42. The van der Waals surface area contributed by atoms with Crippen LogP contribution in [0.5, 0.6) is 17.2 Å². The molecule has 1 aliphatic heterocycles. The molecule has 0 spiro atoms.